The van der Waals surface area contributed by atoms with Crippen LogP contribution >= 0.6 is 11.3 Å². The minimum Gasteiger partial charge on any atom is -0.495 e. The van der Waals surface area contributed by atoms with Crippen LogP contribution in [0.1, 0.15) is 29.4 Å². The number of rotatable bonds is 9. The van der Waals surface area contributed by atoms with E-state index in [2.05, 4.69) is 10.6 Å². The molecule has 1 heterocycles. The summed E-state index contributed by atoms with van der Waals surface area (Å²) in [6, 6.07) is 8.19. The monoisotopic (exact) mass is 404 g/mol. The van der Waals surface area contributed by atoms with Crippen molar-refractivity contribution < 1.29 is 28.7 Å². The second-order valence-corrected chi connectivity index (χ2v) is 6.65. The first-order chi connectivity index (χ1) is 13.4. The number of amides is 2. The van der Waals surface area contributed by atoms with E-state index in [-0.39, 0.29) is 24.5 Å². The van der Waals surface area contributed by atoms with Crippen LogP contribution in [-0.4, -0.2) is 37.3 Å². The second kappa shape index (κ2) is 10.2. The van der Waals surface area contributed by atoms with Crippen molar-refractivity contribution in [2.45, 2.75) is 19.8 Å². The van der Waals surface area contributed by atoms with E-state index in [1.807, 2.05) is 0 Å². The maximum Gasteiger partial charge on any atom is 0.306 e. The number of hydrogen-bond acceptors (Lipinski definition) is 7. The molecule has 8 nitrogen and oxygen atoms in total. The summed E-state index contributed by atoms with van der Waals surface area (Å²) in [5.74, 6) is -1.23. The zero-order valence-electron chi connectivity index (χ0n) is 15.4. The Bertz CT molecular complexity index is 863. The molecule has 0 saturated heterocycles. The summed E-state index contributed by atoms with van der Waals surface area (Å²) < 4.78 is 10.1. The minimum absolute atomic E-state index is 0.0214. The number of esters is 1. The zero-order valence-corrected chi connectivity index (χ0v) is 16.3. The van der Waals surface area contributed by atoms with Crippen molar-refractivity contribution >= 4 is 46.3 Å². The van der Waals surface area contributed by atoms with Crippen molar-refractivity contribution in [3.05, 3.63) is 40.6 Å². The van der Waals surface area contributed by atoms with Gasteiger partial charge in [0.15, 0.2) is 12.4 Å². The number of ether oxygens (including phenoxy) is 2. The first-order valence-corrected chi connectivity index (χ1v) is 9.25. The zero-order chi connectivity index (χ0) is 20.5. The molecule has 28 heavy (non-hydrogen) atoms. The lowest BCUT2D eigenvalue weighted by atomic mass is 10.2. The quantitative estimate of drug-likeness (QED) is 0.491. The van der Waals surface area contributed by atoms with E-state index in [4.69, 9.17) is 9.47 Å². The Morgan fingerprint density at radius 2 is 1.86 bits per heavy atom. The molecule has 1 aromatic carbocycles. The number of benzene rings is 1. The lowest BCUT2D eigenvalue weighted by Gasteiger charge is -2.12. The van der Waals surface area contributed by atoms with E-state index in [9.17, 15) is 19.2 Å². The van der Waals surface area contributed by atoms with Crippen molar-refractivity contribution in [1.29, 1.82) is 0 Å². The van der Waals surface area contributed by atoms with Crippen LogP contribution in [0.4, 0.5) is 11.4 Å². The highest BCUT2D eigenvalue weighted by Crippen LogP contribution is 2.27. The lowest BCUT2D eigenvalue weighted by Crippen LogP contribution is -2.21. The van der Waals surface area contributed by atoms with Gasteiger partial charge in [-0.05, 0) is 29.6 Å². The number of nitrogens with one attached hydrogen (secondary N) is 2. The van der Waals surface area contributed by atoms with Crippen LogP contribution in [0.25, 0.3) is 0 Å². The Balaban J connectivity index is 1.83. The number of carbonyl (C=O) groups is 4. The Labute approximate surface area is 165 Å². The molecule has 2 rings (SSSR count). The molecule has 148 valence electrons. The maximum absolute atomic E-state index is 12.0. The van der Waals surface area contributed by atoms with Crippen molar-refractivity contribution in [2.24, 2.45) is 0 Å². The van der Waals surface area contributed by atoms with Gasteiger partial charge in [-0.1, -0.05) is 6.07 Å². The third kappa shape index (κ3) is 6.51. The Hall–Kier alpha value is -3.20. The van der Waals surface area contributed by atoms with Gasteiger partial charge in [0.25, 0.3) is 5.91 Å². The Morgan fingerprint density at radius 1 is 1.07 bits per heavy atom. The third-order valence-electron chi connectivity index (χ3n) is 3.51. The largest absolute Gasteiger partial charge is 0.495 e. The van der Waals surface area contributed by atoms with Gasteiger partial charge in [-0.15, -0.1) is 11.3 Å². The predicted octanol–water partition coefficient (Wildman–Crippen LogP) is 2.86. The van der Waals surface area contributed by atoms with Gasteiger partial charge in [-0.2, -0.15) is 0 Å². The molecular formula is C19H20N2O6S. The molecule has 0 aliphatic heterocycles. The van der Waals surface area contributed by atoms with E-state index in [1.165, 1.54) is 31.4 Å². The normalized spacial score (nSPS) is 10.1. The lowest BCUT2D eigenvalue weighted by molar-refractivity contribution is -0.147. The summed E-state index contributed by atoms with van der Waals surface area (Å²) in [7, 11) is 1.44. The highest BCUT2D eigenvalue weighted by atomic mass is 32.1. The molecule has 0 aliphatic rings. The molecule has 2 N–H and O–H groups in total. The summed E-state index contributed by atoms with van der Waals surface area (Å²) in [5, 5.41) is 6.94. The summed E-state index contributed by atoms with van der Waals surface area (Å²) in [4.78, 5) is 47.4. The second-order valence-electron chi connectivity index (χ2n) is 5.71. The molecule has 0 saturated carbocycles. The molecule has 0 aliphatic carbocycles. The number of hydrogen-bond donors (Lipinski definition) is 2. The first-order valence-electron chi connectivity index (χ1n) is 8.37. The van der Waals surface area contributed by atoms with E-state index in [1.54, 1.807) is 29.6 Å². The number of carbonyl (C=O) groups excluding carboxylic acids is 4. The van der Waals surface area contributed by atoms with E-state index < -0.39 is 18.5 Å². The van der Waals surface area contributed by atoms with Gasteiger partial charge in [-0.3, -0.25) is 19.2 Å². The molecule has 2 aromatic rings. The molecular weight excluding hydrogens is 384 g/mol. The highest BCUT2D eigenvalue weighted by Gasteiger charge is 2.14. The Morgan fingerprint density at radius 3 is 2.50 bits per heavy atom. The number of methoxy groups -OCH3 is 1. The van der Waals surface area contributed by atoms with Crippen LogP contribution in [0, 0.1) is 0 Å². The topological polar surface area (TPSA) is 111 Å². The minimum atomic E-state index is -0.640. The predicted molar refractivity (Wildman–Crippen MR) is 105 cm³/mol. The number of anilines is 2. The van der Waals surface area contributed by atoms with Crippen LogP contribution in [0.2, 0.25) is 0 Å². The van der Waals surface area contributed by atoms with Gasteiger partial charge in [-0.25, -0.2) is 0 Å². The molecule has 2 amide bonds. The number of Topliss-reactive ketones (excluding diaryl/α,β-unsaturated/α-hetero) is 1. The summed E-state index contributed by atoms with van der Waals surface area (Å²) >= 11 is 1.31. The fourth-order valence-electron chi connectivity index (χ4n) is 2.27. The SMILES string of the molecule is COc1ccc(NC(C)=O)cc1NC(=O)COC(=O)CCC(=O)c1cccs1. The van der Waals surface area contributed by atoms with Crippen molar-refractivity contribution in [3.8, 4) is 5.75 Å². The van der Waals surface area contributed by atoms with Gasteiger partial charge >= 0.3 is 5.97 Å². The number of ketones is 1. The van der Waals surface area contributed by atoms with Crippen LogP contribution in [0.5, 0.6) is 5.75 Å². The van der Waals surface area contributed by atoms with E-state index >= 15 is 0 Å². The molecule has 0 bridgehead atoms. The molecule has 0 spiro atoms. The standard InChI is InChI=1S/C19H20N2O6S/c1-12(22)20-13-5-7-16(26-2)14(10-13)21-18(24)11-27-19(25)8-6-15(23)17-4-3-9-28-17/h3-5,7,9-10H,6,8,11H2,1-2H3,(H,20,22)(H,21,24). The molecule has 1 aromatic heterocycles. The molecule has 0 radical (unpaired) electrons. The maximum atomic E-state index is 12.0. The van der Waals surface area contributed by atoms with Crippen molar-refractivity contribution in [1.82, 2.24) is 0 Å². The van der Waals surface area contributed by atoms with E-state index in [0.717, 1.165) is 0 Å². The van der Waals surface area contributed by atoms with Gasteiger partial charge in [0.1, 0.15) is 5.75 Å². The fourth-order valence-corrected chi connectivity index (χ4v) is 2.96. The highest BCUT2D eigenvalue weighted by molar-refractivity contribution is 7.12. The summed E-state index contributed by atoms with van der Waals surface area (Å²) in [6.45, 7) is 0.866. The summed E-state index contributed by atoms with van der Waals surface area (Å²) in [6.07, 6.45) is -0.0844. The van der Waals surface area contributed by atoms with Gasteiger partial charge in [0, 0.05) is 19.0 Å². The molecule has 0 unspecified atom stereocenters. The molecule has 0 atom stereocenters. The average Bonchev–Trinajstić information content (AvgIpc) is 3.19. The van der Waals surface area contributed by atoms with Crippen LogP contribution < -0.4 is 15.4 Å². The fraction of sp³-hybridized carbons (Fsp3) is 0.263. The van der Waals surface area contributed by atoms with Crippen molar-refractivity contribution in [3.63, 3.8) is 0 Å². The van der Waals surface area contributed by atoms with Gasteiger partial charge in [0.05, 0.1) is 24.1 Å². The van der Waals surface area contributed by atoms with Gasteiger partial charge < -0.3 is 20.1 Å². The van der Waals surface area contributed by atoms with Gasteiger partial charge in [0.2, 0.25) is 5.91 Å². The molecule has 0 fully saturated rings. The summed E-state index contributed by atoms with van der Waals surface area (Å²) in [5.41, 5.74) is 0.801. The smallest absolute Gasteiger partial charge is 0.306 e. The molecule has 9 heteroatoms. The Kier molecular flexibility index (Phi) is 7.70. The van der Waals surface area contributed by atoms with Crippen LogP contribution in [-0.2, 0) is 19.1 Å². The van der Waals surface area contributed by atoms with Crippen LogP contribution in [0.3, 0.4) is 0 Å². The third-order valence-corrected chi connectivity index (χ3v) is 4.42. The average molecular weight is 404 g/mol. The number of thiophene rings is 1. The first kappa shape index (κ1) is 21.1. The van der Waals surface area contributed by atoms with Crippen molar-refractivity contribution in [2.75, 3.05) is 24.4 Å². The van der Waals surface area contributed by atoms with Crippen LogP contribution in [0.15, 0.2) is 35.7 Å². The van der Waals surface area contributed by atoms with E-state index in [0.29, 0.717) is 22.0 Å².